The highest BCUT2D eigenvalue weighted by molar-refractivity contribution is 5.90. The lowest BCUT2D eigenvalue weighted by atomic mass is 9.92. The SMILES string of the molecule is CO[C@H]1C(O)C(O)[C@H](O[C@@H]2C(NC(C)=O)[C@H](O[C@H]3C(O)C(O)[C@H](O[C@@H]4C(NC(C)=O)[C@H](C)OC(CO)[C@H]4O)O[C@H]3C(=O)[O-])OC(CO)[C@H]2O)O[C@H]1C(=O)NCC(=O)[C@@H](O)[C@H](O)[C@H](O)CO. The lowest BCUT2D eigenvalue weighted by Gasteiger charge is -2.50. The smallest absolute Gasteiger partial charge is 0.252 e. The number of hydrogen-bond donors (Lipinski definition) is 15. The normalized spacial score (nSPS) is 41.4. The number of carbonyl (C=O) groups is 5. The van der Waals surface area contributed by atoms with E-state index in [0.717, 1.165) is 21.0 Å². The van der Waals surface area contributed by atoms with E-state index in [4.69, 9.17) is 43.0 Å². The van der Waals surface area contributed by atoms with Crippen molar-refractivity contribution in [2.45, 2.75) is 162 Å². The van der Waals surface area contributed by atoms with Crippen LogP contribution in [0.1, 0.15) is 20.8 Å². The van der Waals surface area contributed by atoms with Gasteiger partial charge in [-0.05, 0) is 6.92 Å². The Balaban J connectivity index is 1.59. The molecule has 65 heavy (non-hydrogen) atoms. The number of aliphatic hydroxyl groups is 12. The third-order valence-corrected chi connectivity index (χ3v) is 11.1. The zero-order chi connectivity index (χ0) is 48.8. The topological polar surface area (TPSA) is 461 Å². The fourth-order valence-electron chi connectivity index (χ4n) is 7.68. The highest BCUT2D eigenvalue weighted by atomic mass is 16.8. The van der Waals surface area contributed by atoms with Crippen LogP contribution in [0.3, 0.4) is 0 Å². The summed E-state index contributed by atoms with van der Waals surface area (Å²) in [6.45, 7) is -0.331. The second kappa shape index (κ2) is 23.7. The first-order valence-electron chi connectivity index (χ1n) is 20.1. The van der Waals surface area contributed by atoms with Gasteiger partial charge in [0.05, 0.1) is 44.5 Å². The average molecular weight is 949 g/mol. The molecule has 8 unspecified atom stereocenters. The minimum Gasteiger partial charge on any atom is -0.547 e. The number of rotatable bonds is 19. The summed E-state index contributed by atoms with van der Waals surface area (Å²) in [5.74, 6) is -6.15. The highest BCUT2D eigenvalue weighted by Gasteiger charge is 2.57. The van der Waals surface area contributed by atoms with Crippen molar-refractivity contribution in [1.82, 2.24) is 16.0 Å². The standard InChI is InChI=1S/C36H59N3O26/c1-9-16(38-10(2)43)26(20(49)14(7-41)59-9)61-36-25(54)23(52)29(31(65-36)33(56)57)63-34-17(39-11(3)44)27(21(50)15(8-42)60-34)62-35-24(53)22(51)28(58-4)30(64-35)32(55)37-5-12(45)18(47)19(48)13(46)6-40/h9,13-31,34-36,40-42,46-54H,5-8H2,1-4H3,(H,37,55)(H,38,43)(H,39,44)(H,56,57)/p-1/t9-,13+,14?,15?,16?,17?,18+,19+,20+,21+,22?,23?,24?,25?,26+,27+,28-,29-,30+,31+,34-,35+,36+/m0/s1. The first kappa shape index (κ1) is 54.4. The van der Waals surface area contributed by atoms with Gasteiger partial charge >= 0.3 is 0 Å². The molecule has 0 spiro atoms. The van der Waals surface area contributed by atoms with Crippen LogP contribution in [-0.2, 0) is 61.9 Å². The first-order chi connectivity index (χ1) is 30.5. The lowest BCUT2D eigenvalue weighted by molar-refractivity contribution is -0.382. The van der Waals surface area contributed by atoms with Crippen LogP contribution in [0, 0.1) is 0 Å². The Labute approximate surface area is 368 Å². The van der Waals surface area contributed by atoms with Crippen molar-refractivity contribution in [2.75, 3.05) is 33.5 Å². The number of ether oxygens (including phenoxy) is 8. The first-order valence-corrected chi connectivity index (χ1v) is 20.1. The van der Waals surface area contributed by atoms with Gasteiger partial charge in [0.2, 0.25) is 11.8 Å². The maximum atomic E-state index is 13.3. The molecule has 4 saturated heterocycles. The Hall–Kier alpha value is -3.25. The van der Waals surface area contributed by atoms with Crippen LogP contribution in [0.2, 0.25) is 0 Å². The van der Waals surface area contributed by atoms with E-state index >= 15 is 0 Å². The fourth-order valence-corrected chi connectivity index (χ4v) is 7.68. The van der Waals surface area contributed by atoms with Gasteiger partial charge in [-0.3, -0.25) is 19.2 Å². The summed E-state index contributed by atoms with van der Waals surface area (Å²) in [4.78, 5) is 62.9. The van der Waals surface area contributed by atoms with E-state index in [1.807, 2.05) is 5.32 Å². The number of methoxy groups -OCH3 is 1. The fraction of sp³-hybridized carbons (Fsp3) is 0.861. The third kappa shape index (κ3) is 12.5. The van der Waals surface area contributed by atoms with E-state index in [0.29, 0.717) is 0 Å². The average Bonchev–Trinajstić information content (AvgIpc) is 3.26. The Kier molecular flexibility index (Phi) is 19.8. The number of carbonyl (C=O) groups excluding carboxylic acids is 5. The van der Waals surface area contributed by atoms with Gasteiger partial charge in [-0.15, -0.1) is 0 Å². The van der Waals surface area contributed by atoms with Crippen molar-refractivity contribution in [3.63, 3.8) is 0 Å². The summed E-state index contributed by atoms with van der Waals surface area (Å²) in [5.41, 5.74) is 0. The van der Waals surface area contributed by atoms with Crippen LogP contribution in [0.5, 0.6) is 0 Å². The summed E-state index contributed by atoms with van der Waals surface area (Å²) >= 11 is 0. The van der Waals surface area contributed by atoms with Gasteiger partial charge in [-0.25, -0.2) is 0 Å². The summed E-state index contributed by atoms with van der Waals surface area (Å²) < 4.78 is 44.7. The van der Waals surface area contributed by atoms with Crippen molar-refractivity contribution in [2.24, 2.45) is 0 Å². The Bertz CT molecular complexity index is 1620. The van der Waals surface area contributed by atoms with Crippen molar-refractivity contribution in [3.8, 4) is 0 Å². The molecule has 29 nitrogen and oxygen atoms in total. The molecule has 23 atom stereocenters. The lowest BCUT2D eigenvalue weighted by Crippen LogP contribution is -2.71. The molecule has 0 aromatic heterocycles. The number of carboxylic acids is 1. The Morgan fingerprint density at radius 1 is 0.631 bits per heavy atom. The van der Waals surface area contributed by atoms with Crippen molar-refractivity contribution < 1.29 is 128 Å². The van der Waals surface area contributed by atoms with Crippen molar-refractivity contribution >= 4 is 29.5 Å². The van der Waals surface area contributed by atoms with Gasteiger partial charge in [-0.2, -0.15) is 0 Å². The number of aliphatic hydroxyl groups excluding tert-OH is 12. The second-order valence-corrected chi connectivity index (χ2v) is 15.7. The molecule has 0 saturated carbocycles. The van der Waals surface area contributed by atoms with Gasteiger partial charge in [-0.1, -0.05) is 0 Å². The van der Waals surface area contributed by atoms with Crippen LogP contribution in [0.25, 0.3) is 0 Å². The van der Waals surface area contributed by atoms with Gasteiger partial charge in [0, 0.05) is 21.0 Å². The largest absolute Gasteiger partial charge is 0.547 e. The van der Waals surface area contributed by atoms with Crippen LogP contribution in [0.4, 0.5) is 0 Å². The minimum atomic E-state index is -2.40. The molecule has 4 fully saturated rings. The molecule has 0 aromatic carbocycles. The number of aliphatic carboxylic acids is 1. The van der Waals surface area contributed by atoms with E-state index in [9.17, 15) is 85.3 Å². The minimum absolute atomic E-state index is 0.624. The Morgan fingerprint density at radius 3 is 1.60 bits per heavy atom. The van der Waals surface area contributed by atoms with Crippen LogP contribution in [0.15, 0.2) is 0 Å². The zero-order valence-electron chi connectivity index (χ0n) is 35.2. The summed E-state index contributed by atoms with van der Waals surface area (Å²) in [5, 5.41) is 145. The van der Waals surface area contributed by atoms with E-state index in [1.54, 1.807) is 0 Å². The molecule has 374 valence electrons. The molecule has 15 N–H and O–H groups in total. The number of Topliss-reactive ketones (excluding diaryl/α,β-unsaturated/α-hetero) is 1. The maximum absolute atomic E-state index is 13.3. The summed E-state index contributed by atoms with van der Waals surface area (Å²) in [6.07, 6.45) is -41.2. The van der Waals surface area contributed by atoms with Crippen LogP contribution >= 0.6 is 0 Å². The molecular formula is C36H58N3O26-. The molecule has 0 aliphatic carbocycles. The quantitative estimate of drug-likeness (QED) is 0.0572. The second-order valence-electron chi connectivity index (χ2n) is 15.7. The van der Waals surface area contributed by atoms with E-state index in [1.165, 1.54) is 6.92 Å². The van der Waals surface area contributed by atoms with Crippen LogP contribution in [-0.4, -0.2) is 265 Å². The van der Waals surface area contributed by atoms with Crippen molar-refractivity contribution in [3.05, 3.63) is 0 Å². The molecule has 4 heterocycles. The molecule has 4 aliphatic rings. The van der Waals surface area contributed by atoms with Crippen LogP contribution < -0.4 is 21.1 Å². The molecule has 4 rings (SSSR count). The number of amides is 3. The molecule has 3 amide bonds. The monoisotopic (exact) mass is 948 g/mol. The number of carboxylic acid groups (broad SMARTS) is 1. The van der Waals surface area contributed by atoms with Crippen molar-refractivity contribution in [1.29, 1.82) is 0 Å². The van der Waals surface area contributed by atoms with Gasteiger partial charge in [0.25, 0.3) is 5.91 Å². The molecule has 4 aliphatic heterocycles. The molecule has 0 radical (unpaired) electrons. The van der Waals surface area contributed by atoms with E-state index < -0.39 is 197 Å². The molecule has 0 bridgehead atoms. The number of hydrogen-bond acceptors (Lipinski definition) is 26. The molecule has 0 aromatic rings. The third-order valence-electron chi connectivity index (χ3n) is 11.1. The van der Waals surface area contributed by atoms with Gasteiger partial charge in [0.15, 0.2) is 30.8 Å². The maximum Gasteiger partial charge on any atom is 0.252 e. The molecule has 29 heteroatoms. The molecular weight excluding hydrogens is 890 g/mol. The zero-order valence-corrected chi connectivity index (χ0v) is 35.2. The summed E-state index contributed by atoms with van der Waals surface area (Å²) in [7, 11) is 0.994. The van der Waals surface area contributed by atoms with E-state index in [2.05, 4.69) is 10.6 Å². The predicted molar refractivity (Wildman–Crippen MR) is 199 cm³/mol. The number of nitrogens with one attached hydrogen (secondary N) is 3. The van der Waals surface area contributed by atoms with E-state index in [-0.39, 0.29) is 0 Å². The van der Waals surface area contributed by atoms with Gasteiger partial charge in [0.1, 0.15) is 104 Å². The predicted octanol–water partition coefficient (Wildman–Crippen LogP) is -12.2. The summed E-state index contributed by atoms with van der Waals surface area (Å²) in [6, 6.07) is -3.05. The Morgan fingerprint density at radius 2 is 1.11 bits per heavy atom. The van der Waals surface area contributed by atoms with Gasteiger partial charge < -0.3 is 125 Å². The highest BCUT2D eigenvalue weighted by Crippen LogP contribution is 2.35. The number of ketones is 1.